The summed E-state index contributed by atoms with van der Waals surface area (Å²) in [5.74, 6) is -1.63. The summed E-state index contributed by atoms with van der Waals surface area (Å²) in [5.41, 5.74) is 2.86. The first-order chi connectivity index (χ1) is 18.5. The lowest BCUT2D eigenvalue weighted by molar-refractivity contribution is -0.160. The number of aliphatic hydroxyl groups excluding tert-OH is 5. The van der Waals surface area contributed by atoms with Crippen molar-refractivity contribution in [3.8, 4) is 0 Å². The molecule has 0 aliphatic carbocycles. The first-order valence-corrected chi connectivity index (χ1v) is 14.2. The Hall–Kier alpha value is -2.40. The number of aromatic nitrogens is 1. The zero-order valence-corrected chi connectivity index (χ0v) is 24.2. The summed E-state index contributed by atoms with van der Waals surface area (Å²) in [4.78, 5) is 17.6. The fourth-order valence-electron chi connectivity index (χ4n) is 4.41. The van der Waals surface area contributed by atoms with E-state index >= 15 is 0 Å². The molecule has 2 bridgehead atoms. The zero-order valence-electron chi connectivity index (χ0n) is 23.4. The second-order valence-electron chi connectivity index (χ2n) is 10.3. The molecule has 1 aliphatic heterocycles. The average molecular weight is 562 g/mol. The molecule has 39 heavy (non-hydrogen) atoms. The summed E-state index contributed by atoms with van der Waals surface area (Å²) in [7, 11) is 0. The van der Waals surface area contributed by atoms with Crippen LogP contribution in [0.1, 0.15) is 70.5 Å². The largest absolute Gasteiger partial charge is 0.456 e. The van der Waals surface area contributed by atoms with Crippen molar-refractivity contribution >= 4 is 23.4 Å². The molecule has 0 saturated carbocycles. The minimum atomic E-state index is -1.33. The Morgan fingerprint density at radius 3 is 2.59 bits per heavy atom. The van der Waals surface area contributed by atoms with Gasteiger partial charge < -0.3 is 30.3 Å². The Bertz CT molecular complexity index is 1090. The van der Waals surface area contributed by atoms with Gasteiger partial charge in [0.15, 0.2) is 0 Å². The third-order valence-electron chi connectivity index (χ3n) is 6.75. The van der Waals surface area contributed by atoms with Gasteiger partial charge >= 0.3 is 5.97 Å². The van der Waals surface area contributed by atoms with Crippen LogP contribution in [0.2, 0.25) is 0 Å². The van der Waals surface area contributed by atoms with Gasteiger partial charge in [-0.05, 0) is 52.5 Å². The van der Waals surface area contributed by atoms with Crippen molar-refractivity contribution in [2.45, 2.75) is 90.3 Å². The number of allylic oxidation sites excluding steroid dienone is 6. The highest BCUT2D eigenvalue weighted by atomic mass is 32.1. The molecule has 1 aliphatic rings. The number of esters is 1. The van der Waals surface area contributed by atoms with Gasteiger partial charge in [0.1, 0.15) is 17.2 Å². The lowest BCUT2D eigenvalue weighted by Gasteiger charge is -2.31. The van der Waals surface area contributed by atoms with Crippen LogP contribution in [0, 0.1) is 5.92 Å². The zero-order chi connectivity index (χ0) is 29.1. The van der Waals surface area contributed by atoms with Crippen LogP contribution in [-0.4, -0.2) is 73.6 Å². The summed E-state index contributed by atoms with van der Waals surface area (Å²) in [6.45, 7) is 9.02. The van der Waals surface area contributed by atoms with Crippen molar-refractivity contribution in [1.29, 1.82) is 0 Å². The van der Waals surface area contributed by atoms with Crippen molar-refractivity contribution in [1.82, 2.24) is 4.98 Å². The smallest absolute Gasteiger partial charge is 0.334 e. The third kappa shape index (κ3) is 10.3. The molecule has 5 N–H and O–H groups in total. The SMILES string of the molecule is C/C=C(C)/C=C(\C)CC(C)C1OC(=O)/C(C)=C/c2csc(n2)C(CO)C(O)CC(O)/C=C/C=C\CC(O)C1O. The first-order valence-electron chi connectivity index (χ1n) is 13.3. The van der Waals surface area contributed by atoms with E-state index in [1.54, 1.807) is 36.6 Å². The summed E-state index contributed by atoms with van der Waals surface area (Å²) in [6, 6.07) is 0. The topological polar surface area (TPSA) is 140 Å². The molecule has 0 saturated heterocycles. The van der Waals surface area contributed by atoms with Crippen LogP contribution < -0.4 is 0 Å². The minimum absolute atomic E-state index is 0.00594. The highest BCUT2D eigenvalue weighted by Crippen LogP contribution is 2.28. The molecule has 1 aromatic heterocycles. The highest BCUT2D eigenvalue weighted by molar-refractivity contribution is 7.09. The van der Waals surface area contributed by atoms with Crippen molar-refractivity contribution in [3.05, 3.63) is 69.3 Å². The van der Waals surface area contributed by atoms with Crippen LogP contribution in [0.15, 0.2) is 58.6 Å². The quantitative estimate of drug-likeness (QED) is 0.270. The summed E-state index contributed by atoms with van der Waals surface area (Å²) < 4.78 is 5.79. The Kier molecular flexibility index (Phi) is 13.5. The van der Waals surface area contributed by atoms with E-state index in [9.17, 15) is 30.3 Å². The predicted molar refractivity (Wildman–Crippen MR) is 154 cm³/mol. The number of hydrogen-bond donors (Lipinski definition) is 5. The number of cyclic esters (lactones) is 1. The van der Waals surface area contributed by atoms with Crippen molar-refractivity contribution in [3.63, 3.8) is 0 Å². The van der Waals surface area contributed by atoms with Gasteiger partial charge in [0.25, 0.3) is 0 Å². The molecule has 7 atom stereocenters. The van der Waals surface area contributed by atoms with E-state index in [0.29, 0.717) is 17.1 Å². The second-order valence-corrected chi connectivity index (χ2v) is 11.2. The molecule has 0 fully saturated rings. The van der Waals surface area contributed by atoms with Crippen LogP contribution in [0.5, 0.6) is 0 Å². The molecule has 1 aromatic rings. The van der Waals surface area contributed by atoms with Crippen molar-refractivity contribution < 1.29 is 35.1 Å². The van der Waals surface area contributed by atoms with Crippen LogP contribution in [-0.2, 0) is 9.53 Å². The van der Waals surface area contributed by atoms with Gasteiger partial charge in [-0.25, -0.2) is 9.78 Å². The number of thiazole rings is 1. The van der Waals surface area contributed by atoms with Crippen LogP contribution in [0.3, 0.4) is 0 Å². The number of fused-ring (bicyclic) bond motifs is 2. The average Bonchev–Trinajstić information content (AvgIpc) is 3.33. The normalized spacial score (nSPS) is 32.2. The molecule has 2 rings (SSSR count). The number of rotatable bonds is 5. The molecular formula is C30H43NO7S. The molecular weight excluding hydrogens is 518 g/mol. The van der Waals surface area contributed by atoms with Gasteiger partial charge in [0.2, 0.25) is 0 Å². The van der Waals surface area contributed by atoms with Gasteiger partial charge in [-0.1, -0.05) is 54.5 Å². The van der Waals surface area contributed by atoms with E-state index in [0.717, 1.165) is 11.1 Å². The van der Waals surface area contributed by atoms with E-state index in [2.05, 4.69) is 4.98 Å². The van der Waals surface area contributed by atoms with Gasteiger partial charge in [-0.2, -0.15) is 0 Å². The van der Waals surface area contributed by atoms with Crippen LogP contribution in [0.4, 0.5) is 0 Å². The van der Waals surface area contributed by atoms with Gasteiger partial charge in [-0.15, -0.1) is 11.3 Å². The molecule has 0 radical (unpaired) electrons. The Labute approximate surface area is 235 Å². The monoisotopic (exact) mass is 561 g/mol. The Morgan fingerprint density at radius 1 is 1.21 bits per heavy atom. The number of carbonyl (C=O) groups is 1. The molecule has 9 heteroatoms. The van der Waals surface area contributed by atoms with E-state index in [1.165, 1.54) is 17.4 Å². The number of carbonyl (C=O) groups excluding carboxylic acids is 1. The fourth-order valence-corrected chi connectivity index (χ4v) is 5.34. The third-order valence-corrected chi connectivity index (χ3v) is 7.75. The molecule has 0 amide bonds. The molecule has 2 heterocycles. The van der Waals surface area contributed by atoms with E-state index in [-0.39, 0.29) is 30.9 Å². The molecule has 8 nitrogen and oxygen atoms in total. The van der Waals surface area contributed by atoms with Gasteiger partial charge in [-0.3, -0.25) is 0 Å². The number of nitrogens with zero attached hydrogens (tertiary/aromatic N) is 1. The minimum Gasteiger partial charge on any atom is -0.456 e. The Balaban J connectivity index is 2.42. The molecule has 0 aromatic carbocycles. The maximum absolute atomic E-state index is 13.1. The maximum atomic E-state index is 13.1. The highest BCUT2D eigenvalue weighted by Gasteiger charge is 2.34. The van der Waals surface area contributed by atoms with E-state index in [1.807, 2.05) is 39.8 Å². The van der Waals surface area contributed by atoms with E-state index in [4.69, 9.17) is 4.74 Å². The molecule has 216 valence electrons. The molecule has 7 unspecified atom stereocenters. The fraction of sp³-hybridized carbons (Fsp3) is 0.533. The second kappa shape index (κ2) is 16.0. The standard InChI is InChI=1S/C30H43NO7S/c1-6-18(2)12-19(3)13-20(4)28-27(36)25(34)11-9-7-8-10-23(33)15-26(35)24(16-32)29-31-22(17-39-29)14-21(5)30(37)38-28/h6-10,12,14,17,20,23-28,32-36H,11,13,15-16H2,1-5H3/b9-7-,10-8+,18-6+,19-12+,21-14+. The maximum Gasteiger partial charge on any atom is 0.334 e. The Morgan fingerprint density at radius 2 is 1.92 bits per heavy atom. The van der Waals surface area contributed by atoms with Crippen molar-refractivity contribution in [2.24, 2.45) is 5.92 Å². The number of ether oxygens (including phenoxy) is 1. The summed E-state index contributed by atoms with van der Waals surface area (Å²) in [5, 5.41) is 54.8. The number of hydrogen-bond acceptors (Lipinski definition) is 9. The van der Waals surface area contributed by atoms with E-state index < -0.39 is 42.4 Å². The lowest BCUT2D eigenvalue weighted by Crippen LogP contribution is -2.44. The van der Waals surface area contributed by atoms with Crippen LogP contribution in [0.25, 0.3) is 6.08 Å². The number of aliphatic hydroxyl groups is 5. The first kappa shape index (κ1) is 32.8. The molecule has 0 spiro atoms. The van der Waals surface area contributed by atoms with Gasteiger partial charge in [0, 0.05) is 17.4 Å². The lowest BCUT2D eigenvalue weighted by atomic mass is 9.89. The van der Waals surface area contributed by atoms with Crippen LogP contribution >= 0.6 is 11.3 Å². The predicted octanol–water partition coefficient (Wildman–Crippen LogP) is 3.82. The van der Waals surface area contributed by atoms with Crippen molar-refractivity contribution in [2.75, 3.05) is 6.61 Å². The van der Waals surface area contributed by atoms with Gasteiger partial charge in [0.05, 0.1) is 36.5 Å². The summed E-state index contributed by atoms with van der Waals surface area (Å²) >= 11 is 1.24. The summed E-state index contributed by atoms with van der Waals surface area (Å²) in [6.07, 6.45) is 7.07.